The summed E-state index contributed by atoms with van der Waals surface area (Å²) in [5.41, 5.74) is 0.679. The Morgan fingerprint density at radius 2 is 2.12 bits per heavy atom. The van der Waals surface area contributed by atoms with Crippen molar-refractivity contribution in [2.75, 3.05) is 0 Å². The number of rotatable bonds is 2. The highest BCUT2D eigenvalue weighted by Crippen LogP contribution is 2.38. The molecule has 3 nitrogen and oxygen atoms in total. The van der Waals surface area contributed by atoms with Crippen LogP contribution in [0, 0.1) is 0 Å². The van der Waals surface area contributed by atoms with Gasteiger partial charge in [0.25, 0.3) is 0 Å². The number of aliphatic hydroxyl groups excluding tert-OH is 1. The summed E-state index contributed by atoms with van der Waals surface area (Å²) in [6.45, 7) is 1.58. The van der Waals surface area contributed by atoms with Crippen molar-refractivity contribution in [3.8, 4) is 0 Å². The maximum absolute atomic E-state index is 12.1. The molecule has 1 aromatic rings. The average Bonchev–Trinajstić information content (AvgIpc) is 2.41. The van der Waals surface area contributed by atoms with E-state index in [9.17, 15) is 13.5 Å². The lowest BCUT2D eigenvalue weighted by Crippen LogP contribution is -2.07. The third-order valence-corrected chi connectivity index (χ3v) is 5.05. The Bertz CT molecular complexity index is 559. The number of fused-ring (bicyclic) bond motifs is 1. The van der Waals surface area contributed by atoms with Crippen LogP contribution >= 0.6 is 15.9 Å². The summed E-state index contributed by atoms with van der Waals surface area (Å²) in [5.74, 6) is 0. The first-order valence-electron chi connectivity index (χ1n) is 4.85. The van der Waals surface area contributed by atoms with Gasteiger partial charge in [0.15, 0.2) is 0 Å². The molecule has 0 fully saturated rings. The van der Waals surface area contributed by atoms with Gasteiger partial charge < -0.3 is 5.11 Å². The van der Waals surface area contributed by atoms with E-state index in [1.807, 2.05) is 0 Å². The predicted molar refractivity (Wildman–Crippen MR) is 65.6 cm³/mol. The van der Waals surface area contributed by atoms with Gasteiger partial charge >= 0.3 is 0 Å². The summed E-state index contributed by atoms with van der Waals surface area (Å²) in [4.78, 5) is 0.599. The molecule has 0 aromatic heterocycles. The van der Waals surface area contributed by atoms with E-state index in [4.69, 9.17) is 0 Å². The standard InChI is InChI=1S/C11H11BrO3S/c1-7(13)5-8-6-9-10(12)3-2-4-11(9)16(8,14)15/h2-4,6-7,13H,5H2,1H3. The second kappa shape index (κ2) is 3.98. The minimum atomic E-state index is -3.39. The van der Waals surface area contributed by atoms with Crippen molar-refractivity contribution < 1.29 is 13.5 Å². The number of aliphatic hydroxyl groups is 1. The molecule has 2 rings (SSSR count). The Morgan fingerprint density at radius 3 is 2.69 bits per heavy atom. The van der Waals surface area contributed by atoms with Crippen molar-refractivity contribution >= 4 is 31.8 Å². The first-order chi connectivity index (χ1) is 7.43. The van der Waals surface area contributed by atoms with Crippen LogP contribution in [0.3, 0.4) is 0 Å². The zero-order valence-corrected chi connectivity index (χ0v) is 11.0. The van der Waals surface area contributed by atoms with Gasteiger partial charge in [-0.05, 0) is 25.1 Å². The molecular weight excluding hydrogens is 292 g/mol. The van der Waals surface area contributed by atoms with E-state index in [2.05, 4.69) is 15.9 Å². The second-order valence-corrected chi connectivity index (χ2v) is 6.64. The highest BCUT2D eigenvalue weighted by atomic mass is 79.9. The molecule has 1 atom stereocenters. The van der Waals surface area contributed by atoms with E-state index in [1.54, 1.807) is 31.2 Å². The monoisotopic (exact) mass is 302 g/mol. The lowest BCUT2D eigenvalue weighted by atomic mass is 10.2. The highest BCUT2D eigenvalue weighted by molar-refractivity contribution is 9.10. The molecule has 1 N–H and O–H groups in total. The third-order valence-electron chi connectivity index (χ3n) is 2.45. The SMILES string of the molecule is CC(O)CC1=Cc2c(Br)cccc2S1(=O)=O. The van der Waals surface area contributed by atoms with Crippen LogP contribution in [-0.2, 0) is 9.84 Å². The number of hydrogen-bond donors (Lipinski definition) is 1. The van der Waals surface area contributed by atoms with Crippen molar-refractivity contribution in [1.29, 1.82) is 0 Å². The van der Waals surface area contributed by atoms with E-state index in [-0.39, 0.29) is 11.3 Å². The number of sulfone groups is 1. The molecule has 0 amide bonds. The van der Waals surface area contributed by atoms with Crippen LogP contribution in [0.5, 0.6) is 0 Å². The Hall–Kier alpha value is -0.650. The van der Waals surface area contributed by atoms with Crippen molar-refractivity contribution in [2.24, 2.45) is 0 Å². The fourth-order valence-electron chi connectivity index (χ4n) is 1.73. The van der Waals surface area contributed by atoms with Crippen LogP contribution in [0.2, 0.25) is 0 Å². The normalized spacial score (nSPS) is 19.1. The van der Waals surface area contributed by atoms with Gasteiger partial charge in [0, 0.05) is 16.5 Å². The van der Waals surface area contributed by atoms with Gasteiger partial charge in [0.05, 0.1) is 15.9 Å². The summed E-state index contributed by atoms with van der Waals surface area (Å²) in [6, 6.07) is 5.08. The van der Waals surface area contributed by atoms with Gasteiger partial charge in [0.2, 0.25) is 9.84 Å². The van der Waals surface area contributed by atoms with Crippen LogP contribution in [0.25, 0.3) is 6.08 Å². The van der Waals surface area contributed by atoms with Crippen molar-refractivity contribution in [3.63, 3.8) is 0 Å². The van der Waals surface area contributed by atoms with Gasteiger partial charge in [-0.3, -0.25) is 0 Å². The number of halogens is 1. The molecule has 0 radical (unpaired) electrons. The van der Waals surface area contributed by atoms with Crippen molar-refractivity contribution in [2.45, 2.75) is 24.3 Å². The summed E-state index contributed by atoms with van der Waals surface area (Å²) in [7, 11) is -3.39. The lowest BCUT2D eigenvalue weighted by Gasteiger charge is -2.05. The molecule has 86 valence electrons. The van der Waals surface area contributed by atoms with Crippen LogP contribution in [-0.4, -0.2) is 19.6 Å². The molecule has 1 aromatic carbocycles. The van der Waals surface area contributed by atoms with Crippen LogP contribution in [0.1, 0.15) is 18.9 Å². The Morgan fingerprint density at radius 1 is 1.44 bits per heavy atom. The first kappa shape index (κ1) is 11.8. The maximum atomic E-state index is 12.1. The average molecular weight is 303 g/mol. The largest absolute Gasteiger partial charge is 0.393 e. The molecule has 0 spiro atoms. The fourth-order valence-corrected chi connectivity index (χ4v) is 4.08. The summed E-state index contributed by atoms with van der Waals surface area (Å²) in [5, 5.41) is 9.28. The Balaban J connectivity index is 2.57. The molecule has 1 unspecified atom stereocenters. The minimum absolute atomic E-state index is 0.156. The fraction of sp³-hybridized carbons (Fsp3) is 0.273. The molecular formula is C11H11BrO3S. The van der Waals surface area contributed by atoms with Gasteiger partial charge in [-0.15, -0.1) is 0 Å². The molecule has 0 aliphatic carbocycles. The molecule has 0 bridgehead atoms. The smallest absolute Gasteiger partial charge is 0.203 e. The molecule has 5 heteroatoms. The van der Waals surface area contributed by atoms with Gasteiger partial charge in [-0.25, -0.2) is 8.42 Å². The van der Waals surface area contributed by atoms with Gasteiger partial charge in [-0.2, -0.15) is 0 Å². The molecule has 1 heterocycles. The molecule has 16 heavy (non-hydrogen) atoms. The zero-order valence-electron chi connectivity index (χ0n) is 8.64. The number of benzene rings is 1. The molecule has 0 saturated carbocycles. The van der Waals surface area contributed by atoms with E-state index in [0.717, 1.165) is 4.47 Å². The first-order valence-corrected chi connectivity index (χ1v) is 7.13. The van der Waals surface area contributed by atoms with Gasteiger partial charge in [-0.1, -0.05) is 22.0 Å². The minimum Gasteiger partial charge on any atom is -0.393 e. The second-order valence-electron chi connectivity index (χ2n) is 3.82. The highest BCUT2D eigenvalue weighted by Gasteiger charge is 2.30. The molecule has 1 aliphatic rings. The van der Waals surface area contributed by atoms with Gasteiger partial charge in [0.1, 0.15) is 0 Å². The van der Waals surface area contributed by atoms with E-state index < -0.39 is 15.9 Å². The summed E-state index contributed by atoms with van der Waals surface area (Å²) in [6.07, 6.45) is 1.12. The summed E-state index contributed by atoms with van der Waals surface area (Å²) < 4.78 is 24.9. The van der Waals surface area contributed by atoms with Crippen molar-refractivity contribution in [1.82, 2.24) is 0 Å². The van der Waals surface area contributed by atoms with Crippen LogP contribution in [0.15, 0.2) is 32.5 Å². The van der Waals surface area contributed by atoms with Crippen LogP contribution in [0.4, 0.5) is 0 Å². The Kier molecular flexibility index (Phi) is 2.94. The van der Waals surface area contributed by atoms with Crippen LogP contribution < -0.4 is 0 Å². The third kappa shape index (κ3) is 1.83. The zero-order chi connectivity index (χ0) is 11.9. The van der Waals surface area contributed by atoms with E-state index in [0.29, 0.717) is 10.5 Å². The molecule has 0 saturated heterocycles. The lowest BCUT2D eigenvalue weighted by molar-refractivity contribution is 0.197. The van der Waals surface area contributed by atoms with E-state index in [1.165, 1.54) is 0 Å². The van der Waals surface area contributed by atoms with E-state index >= 15 is 0 Å². The molecule has 1 aliphatic heterocycles. The Labute approximate surface area is 103 Å². The van der Waals surface area contributed by atoms with Crippen molar-refractivity contribution in [3.05, 3.63) is 33.1 Å². The predicted octanol–water partition coefficient (Wildman–Crippen LogP) is 2.35. The summed E-state index contributed by atoms with van der Waals surface area (Å²) >= 11 is 3.32. The maximum Gasteiger partial charge on any atom is 0.203 e. The number of hydrogen-bond acceptors (Lipinski definition) is 3. The topological polar surface area (TPSA) is 54.4 Å². The quantitative estimate of drug-likeness (QED) is 0.912.